The zero-order valence-electron chi connectivity index (χ0n) is 20.9. The van der Waals surface area contributed by atoms with E-state index in [1.807, 2.05) is 24.3 Å². The van der Waals surface area contributed by atoms with Crippen LogP contribution in [0.15, 0.2) is 48.5 Å². The van der Waals surface area contributed by atoms with E-state index in [1.54, 1.807) is 12.1 Å². The first-order chi connectivity index (χ1) is 16.2. The number of ether oxygens (including phenoxy) is 3. The van der Waals surface area contributed by atoms with Crippen molar-refractivity contribution in [2.45, 2.75) is 51.9 Å². The third-order valence-electron chi connectivity index (χ3n) is 6.02. The predicted molar refractivity (Wildman–Crippen MR) is 137 cm³/mol. The maximum atomic E-state index is 11.1. The summed E-state index contributed by atoms with van der Waals surface area (Å²) in [7, 11) is 0. The molecule has 2 aromatic rings. The minimum Gasteiger partial charge on any atom is -0.492 e. The molecule has 1 aliphatic heterocycles. The SMILES string of the molecule is CC(C)N(CCOc1ccc(CN2CCOCC(O)(COc3cccc(Cl)c3)C2)cc1)C(C)C. The van der Waals surface area contributed by atoms with Crippen molar-refractivity contribution in [2.75, 3.05) is 46.1 Å². The Morgan fingerprint density at radius 1 is 1.06 bits per heavy atom. The van der Waals surface area contributed by atoms with E-state index in [0.29, 0.717) is 42.6 Å². The molecule has 1 aliphatic rings. The summed E-state index contributed by atoms with van der Waals surface area (Å²) in [5.74, 6) is 1.51. The Morgan fingerprint density at radius 2 is 1.79 bits per heavy atom. The maximum Gasteiger partial charge on any atom is 0.134 e. The van der Waals surface area contributed by atoms with Crippen LogP contribution < -0.4 is 9.47 Å². The molecule has 188 valence electrons. The van der Waals surface area contributed by atoms with Crippen molar-refractivity contribution in [3.8, 4) is 11.5 Å². The molecule has 1 heterocycles. The molecule has 0 spiro atoms. The van der Waals surface area contributed by atoms with Crippen LogP contribution in [0.25, 0.3) is 0 Å². The van der Waals surface area contributed by atoms with Gasteiger partial charge in [0.25, 0.3) is 0 Å². The van der Waals surface area contributed by atoms with Gasteiger partial charge in [-0.05, 0) is 63.6 Å². The van der Waals surface area contributed by atoms with Gasteiger partial charge in [0.2, 0.25) is 0 Å². The zero-order valence-corrected chi connectivity index (χ0v) is 21.6. The summed E-state index contributed by atoms with van der Waals surface area (Å²) in [6, 6.07) is 16.4. The van der Waals surface area contributed by atoms with Crippen molar-refractivity contribution in [1.29, 1.82) is 0 Å². The first-order valence-electron chi connectivity index (χ1n) is 12.1. The Balaban J connectivity index is 1.50. The summed E-state index contributed by atoms with van der Waals surface area (Å²) in [5, 5.41) is 11.8. The Labute approximate surface area is 209 Å². The number of hydrogen-bond donors (Lipinski definition) is 1. The van der Waals surface area contributed by atoms with Crippen LogP contribution in [0.1, 0.15) is 33.3 Å². The van der Waals surface area contributed by atoms with E-state index in [0.717, 1.165) is 25.4 Å². The summed E-state index contributed by atoms with van der Waals surface area (Å²) >= 11 is 6.03. The van der Waals surface area contributed by atoms with Gasteiger partial charge >= 0.3 is 0 Å². The van der Waals surface area contributed by atoms with Crippen LogP contribution in [0.3, 0.4) is 0 Å². The number of aliphatic hydroxyl groups is 1. The Hall–Kier alpha value is -1.83. The second-order valence-electron chi connectivity index (χ2n) is 9.65. The number of rotatable bonds is 11. The molecule has 0 radical (unpaired) electrons. The fourth-order valence-corrected chi connectivity index (χ4v) is 4.50. The van der Waals surface area contributed by atoms with Crippen molar-refractivity contribution in [3.05, 3.63) is 59.1 Å². The molecule has 1 saturated heterocycles. The van der Waals surface area contributed by atoms with Crippen LogP contribution in [0.5, 0.6) is 11.5 Å². The van der Waals surface area contributed by atoms with Gasteiger partial charge in [0.15, 0.2) is 0 Å². The molecular formula is C27H39ClN2O4. The van der Waals surface area contributed by atoms with Crippen molar-refractivity contribution in [3.63, 3.8) is 0 Å². The van der Waals surface area contributed by atoms with E-state index in [1.165, 1.54) is 5.56 Å². The van der Waals surface area contributed by atoms with E-state index in [9.17, 15) is 5.11 Å². The Bertz CT molecular complexity index is 869. The molecule has 1 unspecified atom stereocenters. The molecule has 0 amide bonds. The third kappa shape index (κ3) is 8.43. The van der Waals surface area contributed by atoms with Gasteiger partial charge in [0.1, 0.15) is 30.3 Å². The highest BCUT2D eigenvalue weighted by Gasteiger charge is 2.33. The topological polar surface area (TPSA) is 54.4 Å². The normalized spacial score (nSPS) is 19.6. The lowest BCUT2D eigenvalue weighted by molar-refractivity contribution is -0.0646. The average Bonchev–Trinajstić information content (AvgIpc) is 2.97. The molecule has 0 saturated carbocycles. The molecule has 0 aliphatic carbocycles. The standard InChI is InChI=1S/C27H39ClN2O4/c1-21(2)30(22(3)4)13-15-33-25-10-8-23(9-11-25)17-29-12-14-32-19-27(31,18-29)20-34-26-7-5-6-24(28)16-26/h5-11,16,21-22,31H,12-15,17-20H2,1-4H3. The molecule has 0 bridgehead atoms. The fraction of sp³-hybridized carbons (Fsp3) is 0.556. The van der Waals surface area contributed by atoms with Crippen molar-refractivity contribution >= 4 is 11.6 Å². The quantitative estimate of drug-likeness (QED) is 0.501. The van der Waals surface area contributed by atoms with Gasteiger partial charge in [-0.1, -0.05) is 29.8 Å². The molecule has 0 aromatic heterocycles. The van der Waals surface area contributed by atoms with Gasteiger partial charge in [-0.15, -0.1) is 0 Å². The molecule has 2 aromatic carbocycles. The van der Waals surface area contributed by atoms with E-state index >= 15 is 0 Å². The van der Waals surface area contributed by atoms with Crippen LogP contribution in [0, 0.1) is 0 Å². The smallest absolute Gasteiger partial charge is 0.134 e. The minimum absolute atomic E-state index is 0.139. The highest BCUT2D eigenvalue weighted by atomic mass is 35.5. The lowest BCUT2D eigenvalue weighted by Crippen LogP contribution is -2.48. The summed E-state index contributed by atoms with van der Waals surface area (Å²) < 4.78 is 17.5. The average molecular weight is 491 g/mol. The van der Waals surface area contributed by atoms with Crippen LogP contribution >= 0.6 is 11.6 Å². The van der Waals surface area contributed by atoms with E-state index < -0.39 is 5.60 Å². The second kappa shape index (κ2) is 12.8. The molecule has 7 heteroatoms. The highest BCUT2D eigenvalue weighted by molar-refractivity contribution is 6.30. The summed E-state index contributed by atoms with van der Waals surface area (Å²) in [5.41, 5.74) is 0.0685. The molecule has 1 fully saturated rings. The van der Waals surface area contributed by atoms with Crippen LogP contribution in [-0.2, 0) is 11.3 Å². The number of nitrogens with zero attached hydrogens (tertiary/aromatic N) is 2. The first-order valence-corrected chi connectivity index (χ1v) is 12.5. The van der Waals surface area contributed by atoms with Gasteiger partial charge in [0.05, 0.1) is 13.2 Å². The molecule has 1 N–H and O–H groups in total. The van der Waals surface area contributed by atoms with Crippen molar-refractivity contribution in [2.24, 2.45) is 0 Å². The monoisotopic (exact) mass is 490 g/mol. The maximum absolute atomic E-state index is 11.1. The van der Waals surface area contributed by atoms with Crippen molar-refractivity contribution < 1.29 is 19.3 Å². The molecule has 34 heavy (non-hydrogen) atoms. The molecule has 6 nitrogen and oxygen atoms in total. The summed E-state index contributed by atoms with van der Waals surface area (Å²) in [6.45, 7) is 13.3. The number of β-amino-alcohol motifs (C(OH)–C–C–N with tert-alkyl or cyclic N) is 1. The molecule has 3 rings (SSSR count). The fourth-order valence-electron chi connectivity index (χ4n) is 4.32. The van der Waals surface area contributed by atoms with E-state index in [4.69, 9.17) is 25.8 Å². The lowest BCUT2D eigenvalue weighted by Gasteiger charge is -2.30. The minimum atomic E-state index is -1.10. The second-order valence-corrected chi connectivity index (χ2v) is 10.1. The van der Waals surface area contributed by atoms with Gasteiger partial charge in [-0.2, -0.15) is 0 Å². The molecule has 1 atom stereocenters. The van der Waals surface area contributed by atoms with E-state index in [-0.39, 0.29) is 13.2 Å². The summed E-state index contributed by atoms with van der Waals surface area (Å²) in [4.78, 5) is 4.63. The first kappa shape index (κ1) is 26.8. The van der Waals surface area contributed by atoms with Gasteiger partial charge in [0, 0.05) is 43.3 Å². The van der Waals surface area contributed by atoms with Crippen LogP contribution in [0.4, 0.5) is 0 Å². The molecular weight excluding hydrogens is 452 g/mol. The predicted octanol–water partition coefficient (Wildman–Crippen LogP) is 4.48. The Kier molecular flexibility index (Phi) is 10.0. The van der Waals surface area contributed by atoms with Gasteiger partial charge < -0.3 is 19.3 Å². The van der Waals surface area contributed by atoms with Gasteiger partial charge in [-0.25, -0.2) is 0 Å². The van der Waals surface area contributed by atoms with Crippen LogP contribution in [0.2, 0.25) is 5.02 Å². The van der Waals surface area contributed by atoms with Crippen molar-refractivity contribution in [1.82, 2.24) is 9.80 Å². The zero-order chi connectivity index (χ0) is 24.6. The number of benzene rings is 2. The lowest BCUT2D eigenvalue weighted by atomic mass is 10.1. The largest absolute Gasteiger partial charge is 0.492 e. The van der Waals surface area contributed by atoms with E-state index in [2.05, 4.69) is 49.6 Å². The van der Waals surface area contributed by atoms with Crippen LogP contribution in [-0.4, -0.2) is 78.7 Å². The number of hydrogen-bond acceptors (Lipinski definition) is 6. The Morgan fingerprint density at radius 3 is 2.47 bits per heavy atom. The summed E-state index contributed by atoms with van der Waals surface area (Å²) in [6.07, 6.45) is 0. The third-order valence-corrected chi connectivity index (χ3v) is 6.25. The highest BCUT2D eigenvalue weighted by Crippen LogP contribution is 2.21. The number of halogens is 1. The van der Waals surface area contributed by atoms with Gasteiger partial charge in [-0.3, -0.25) is 9.80 Å².